The van der Waals surface area contributed by atoms with Crippen molar-refractivity contribution in [3.8, 4) is 10.8 Å². The topological polar surface area (TPSA) is 66.1 Å². The number of aliphatic imine (C=N–C) groups is 1. The first-order chi connectivity index (χ1) is 14.8. The van der Waals surface area contributed by atoms with Gasteiger partial charge in [0.15, 0.2) is 16.7 Å². The zero-order valence-electron chi connectivity index (χ0n) is 17.6. The third kappa shape index (κ3) is 5.05. The molecule has 2 aliphatic rings. The molecule has 0 bridgehead atoms. The van der Waals surface area contributed by atoms with Crippen LogP contribution < -0.4 is 5.32 Å². The van der Waals surface area contributed by atoms with Crippen molar-refractivity contribution in [2.24, 2.45) is 4.99 Å². The van der Waals surface area contributed by atoms with Crippen molar-refractivity contribution in [1.29, 1.82) is 0 Å². The van der Waals surface area contributed by atoms with Gasteiger partial charge in [-0.1, -0.05) is 12.1 Å². The number of fused-ring (bicyclic) bond motifs is 1. The molecule has 166 valence electrons. The van der Waals surface area contributed by atoms with E-state index in [9.17, 15) is 0 Å². The molecular formula is C22H28IN5O2S. The number of guanidine groups is 1. The third-order valence-corrected chi connectivity index (χ3v) is 6.87. The molecule has 2 aromatic heterocycles. The van der Waals surface area contributed by atoms with E-state index < -0.39 is 0 Å². The molecule has 3 aromatic rings. The van der Waals surface area contributed by atoms with Crippen molar-refractivity contribution < 1.29 is 9.15 Å². The molecule has 1 N–H and O–H groups in total. The highest BCUT2D eigenvalue weighted by Crippen LogP contribution is 2.31. The van der Waals surface area contributed by atoms with Crippen LogP contribution in [-0.4, -0.2) is 73.2 Å². The average molecular weight is 553 g/mol. The van der Waals surface area contributed by atoms with Crippen molar-refractivity contribution in [2.45, 2.75) is 19.0 Å². The summed E-state index contributed by atoms with van der Waals surface area (Å²) in [4.78, 5) is 14.1. The fraction of sp³-hybridized carbons (Fsp3) is 0.455. The van der Waals surface area contributed by atoms with E-state index in [-0.39, 0.29) is 24.0 Å². The minimum absolute atomic E-state index is 0. The second-order valence-corrected chi connectivity index (χ2v) is 8.72. The highest BCUT2D eigenvalue weighted by molar-refractivity contribution is 14.0. The van der Waals surface area contributed by atoms with Gasteiger partial charge in [-0.3, -0.25) is 9.89 Å². The summed E-state index contributed by atoms with van der Waals surface area (Å²) in [6, 6.07) is 12.8. The first-order valence-corrected chi connectivity index (χ1v) is 11.3. The van der Waals surface area contributed by atoms with Crippen molar-refractivity contribution >= 4 is 51.5 Å². The number of hydrogen-bond donors (Lipinski definition) is 1. The van der Waals surface area contributed by atoms with E-state index in [1.54, 1.807) is 11.3 Å². The minimum Gasteiger partial charge on any atom is -0.457 e. The van der Waals surface area contributed by atoms with Crippen LogP contribution in [-0.2, 0) is 11.3 Å². The monoisotopic (exact) mass is 553 g/mol. The second-order valence-electron chi connectivity index (χ2n) is 7.69. The van der Waals surface area contributed by atoms with E-state index in [0.29, 0.717) is 12.6 Å². The molecule has 1 atom stereocenters. The maximum atomic E-state index is 6.06. The Balaban J connectivity index is 0.00000231. The molecule has 0 aliphatic carbocycles. The fourth-order valence-electron chi connectivity index (χ4n) is 4.24. The molecule has 2 aliphatic heterocycles. The molecule has 0 radical (unpaired) electrons. The quantitative estimate of drug-likeness (QED) is 0.303. The molecular weight excluding hydrogens is 525 g/mol. The van der Waals surface area contributed by atoms with Gasteiger partial charge in [0, 0.05) is 39.3 Å². The lowest BCUT2D eigenvalue weighted by Crippen LogP contribution is -2.46. The molecule has 1 aromatic carbocycles. The number of furan rings is 1. The van der Waals surface area contributed by atoms with Crippen LogP contribution in [0, 0.1) is 0 Å². The van der Waals surface area contributed by atoms with Crippen molar-refractivity contribution in [1.82, 2.24) is 20.1 Å². The summed E-state index contributed by atoms with van der Waals surface area (Å²) in [7, 11) is 1.85. The number of para-hydroxylation sites is 1. The van der Waals surface area contributed by atoms with Gasteiger partial charge in [0.25, 0.3) is 0 Å². The van der Waals surface area contributed by atoms with Gasteiger partial charge in [-0.15, -0.1) is 35.3 Å². The Morgan fingerprint density at radius 2 is 2.03 bits per heavy atom. The maximum absolute atomic E-state index is 6.06. The predicted octanol–water partition coefficient (Wildman–Crippen LogP) is 3.66. The summed E-state index contributed by atoms with van der Waals surface area (Å²) in [5, 5.41) is 4.38. The summed E-state index contributed by atoms with van der Waals surface area (Å²) in [6.07, 6.45) is 1.17. The maximum Gasteiger partial charge on any atom is 0.194 e. The highest BCUT2D eigenvalue weighted by atomic mass is 127. The van der Waals surface area contributed by atoms with Crippen LogP contribution >= 0.6 is 35.3 Å². The average Bonchev–Trinajstić information content (AvgIpc) is 3.54. The van der Waals surface area contributed by atoms with Crippen LogP contribution in [0.4, 0.5) is 0 Å². The van der Waals surface area contributed by atoms with Gasteiger partial charge < -0.3 is 19.4 Å². The van der Waals surface area contributed by atoms with Crippen LogP contribution in [0.25, 0.3) is 21.0 Å². The van der Waals surface area contributed by atoms with Crippen molar-refractivity contribution in [3.63, 3.8) is 0 Å². The summed E-state index contributed by atoms with van der Waals surface area (Å²) < 4.78 is 12.7. The van der Waals surface area contributed by atoms with Gasteiger partial charge in [-0.2, -0.15) is 0 Å². The number of nitrogens with one attached hydrogen (secondary N) is 1. The number of benzene rings is 1. The zero-order valence-corrected chi connectivity index (χ0v) is 20.8. The molecule has 0 saturated carbocycles. The molecule has 7 nitrogen and oxygen atoms in total. The largest absolute Gasteiger partial charge is 0.457 e. The van der Waals surface area contributed by atoms with Gasteiger partial charge >= 0.3 is 0 Å². The molecule has 31 heavy (non-hydrogen) atoms. The van der Waals surface area contributed by atoms with E-state index in [1.165, 1.54) is 11.1 Å². The van der Waals surface area contributed by atoms with E-state index >= 15 is 0 Å². The first kappa shape index (κ1) is 22.5. The van der Waals surface area contributed by atoms with E-state index in [0.717, 1.165) is 67.4 Å². The number of ether oxygens (including phenoxy) is 1. The molecule has 0 amide bonds. The lowest BCUT2D eigenvalue weighted by Gasteiger charge is -2.32. The van der Waals surface area contributed by atoms with Crippen LogP contribution in [0.2, 0.25) is 0 Å². The number of hydrogen-bond acceptors (Lipinski definition) is 6. The predicted molar refractivity (Wildman–Crippen MR) is 135 cm³/mol. The second kappa shape index (κ2) is 10.3. The summed E-state index contributed by atoms with van der Waals surface area (Å²) >= 11 is 1.66. The Hall–Kier alpha value is -1.69. The Morgan fingerprint density at radius 1 is 1.19 bits per heavy atom. The van der Waals surface area contributed by atoms with Gasteiger partial charge in [-0.05, 0) is 30.7 Å². The molecule has 5 rings (SSSR count). The van der Waals surface area contributed by atoms with Crippen molar-refractivity contribution in [3.05, 3.63) is 42.2 Å². The van der Waals surface area contributed by atoms with Crippen LogP contribution in [0.5, 0.6) is 0 Å². The number of morpholine rings is 1. The van der Waals surface area contributed by atoms with Gasteiger partial charge in [-0.25, -0.2) is 4.98 Å². The van der Waals surface area contributed by atoms with Crippen LogP contribution in [0.1, 0.15) is 12.2 Å². The van der Waals surface area contributed by atoms with Crippen molar-refractivity contribution in [2.75, 3.05) is 46.4 Å². The molecule has 2 fully saturated rings. The standard InChI is InChI=1S/C22H27N5O2S.HI/c1-23-22(27-9-8-16(15-27)26-10-12-28-13-11-26)24-14-17-6-7-19(29-17)21-25-18-4-2-3-5-20(18)30-21;/h2-7,16H,8-15H2,1H3,(H,23,24);1H. The molecule has 4 heterocycles. The van der Waals surface area contributed by atoms with Crippen LogP contribution in [0.3, 0.4) is 0 Å². The third-order valence-electron chi connectivity index (χ3n) is 5.82. The number of nitrogens with zero attached hydrogens (tertiary/aromatic N) is 4. The molecule has 0 spiro atoms. The van der Waals surface area contributed by atoms with E-state index in [4.69, 9.17) is 9.15 Å². The number of halogens is 1. The molecule has 2 saturated heterocycles. The minimum atomic E-state index is 0. The van der Waals surface area contributed by atoms with Crippen LogP contribution in [0.15, 0.2) is 45.8 Å². The lowest BCUT2D eigenvalue weighted by atomic mass is 10.2. The Morgan fingerprint density at radius 3 is 2.84 bits per heavy atom. The first-order valence-electron chi connectivity index (χ1n) is 10.5. The summed E-state index contributed by atoms with van der Waals surface area (Å²) in [5.41, 5.74) is 1.01. The summed E-state index contributed by atoms with van der Waals surface area (Å²) in [5.74, 6) is 2.63. The molecule has 1 unspecified atom stereocenters. The van der Waals surface area contributed by atoms with E-state index in [2.05, 4.69) is 31.2 Å². The van der Waals surface area contributed by atoms with E-state index in [1.807, 2.05) is 37.4 Å². The lowest BCUT2D eigenvalue weighted by molar-refractivity contribution is 0.0195. The number of aromatic nitrogens is 1. The normalized spacial score (nSPS) is 20.2. The zero-order chi connectivity index (χ0) is 20.3. The Kier molecular flexibility index (Phi) is 7.47. The van der Waals surface area contributed by atoms with Gasteiger partial charge in [0.1, 0.15) is 5.76 Å². The number of rotatable bonds is 4. The Labute approximate surface area is 203 Å². The SMILES string of the molecule is CN=C(NCc1ccc(-c2nc3ccccc3s2)o1)N1CCC(N2CCOCC2)C1.I. The number of thiazole rings is 1. The number of likely N-dealkylation sites (tertiary alicyclic amines) is 1. The Bertz CT molecular complexity index is 997. The fourth-order valence-corrected chi connectivity index (χ4v) is 5.17. The molecule has 9 heteroatoms. The van der Waals surface area contributed by atoms with Gasteiger partial charge in [0.2, 0.25) is 0 Å². The smallest absolute Gasteiger partial charge is 0.194 e. The highest BCUT2D eigenvalue weighted by Gasteiger charge is 2.30. The summed E-state index contributed by atoms with van der Waals surface area (Å²) in [6.45, 7) is 6.40. The van der Waals surface area contributed by atoms with Gasteiger partial charge in [0.05, 0.1) is 30.0 Å².